The Morgan fingerprint density at radius 1 is 0.949 bits per heavy atom. The average molecular weight is 529 g/mol. The topological polar surface area (TPSA) is 97.1 Å². The molecule has 1 aromatic heterocycles. The van der Waals surface area contributed by atoms with Crippen LogP contribution in [0.2, 0.25) is 0 Å². The van der Waals surface area contributed by atoms with Gasteiger partial charge < -0.3 is 16.4 Å². The van der Waals surface area contributed by atoms with Crippen molar-refractivity contribution in [2.24, 2.45) is 11.7 Å². The molecule has 2 amide bonds. The molecular weight excluding hydrogens is 491 g/mol. The van der Waals surface area contributed by atoms with Crippen LogP contribution in [0.1, 0.15) is 63.9 Å². The van der Waals surface area contributed by atoms with Crippen molar-refractivity contribution in [3.63, 3.8) is 0 Å². The van der Waals surface area contributed by atoms with Crippen LogP contribution in [0.5, 0.6) is 0 Å². The van der Waals surface area contributed by atoms with Gasteiger partial charge in [-0.3, -0.25) is 9.59 Å². The van der Waals surface area contributed by atoms with Gasteiger partial charge in [-0.1, -0.05) is 61.5 Å². The first-order chi connectivity index (χ1) is 18.8. The van der Waals surface area contributed by atoms with Gasteiger partial charge in [0.1, 0.15) is 12.0 Å². The van der Waals surface area contributed by atoms with Crippen LogP contribution in [0.3, 0.4) is 0 Å². The molecule has 0 unspecified atom stereocenters. The van der Waals surface area contributed by atoms with E-state index >= 15 is 0 Å². The Kier molecular flexibility index (Phi) is 8.07. The first-order valence-electron chi connectivity index (χ1n) is 14.0. The van der Waals surface area contributed by atoms with Crippen molar-refractivity contribution in [2.75, 3.05) is 5.32 Å². The fraction of sp³-hybridized carbons (Fsp3) is 0.406. The minimum absolute atomic E-state index is 0.0421. The third-order valence-electron chi connectivity index (χ3n) is 8.21. The molecule has 1 heterocycles. The molecule has 204 valence electrons. The van der Waals surface area contributed by atoms with Crippen molar-refractivity contribution in [2.45, 2.75) is 76.0 Å². The van der Waals surface area contributed by atoms with E-state index in [9.17, 15) is 14.0 Å². The number of aromatic nitrogens is 1. The molecule has 2 aliphatic carbocycles. The molecule has 7 heteroatoms. The highest BCUT2D eigenvalue weighted by atomic mass is 19.1. The van der Waals surface area contributed by atoms with E-state index in [0.29, 0.717) is 37.4 Å². The molecule has 2 fully saturated rings. The van der Waals surface area contributed by atoms with E-state index in [4.69, 9.17) is 5.73 Å². The zero-order valence-corrected chi connectivity index (χ0v) is 22.5. The van der Waals surface area contributed by atoms with Gasteiger partial charge in [-0.25, -0.2) is 9.37 Å². The number of nitrogens with one attached hydrogen (secondary N) is 2. The smallest absolute Gasteiger partial charge is 0.225 e. The number of halogens is 1. The van der Waals surface area contributed by atoms with Gasteiger partial charge in [0.15, 0.2) is 0 Å². The Hall–Kier alpha value is -3.58. The van der Waals surface area contributed by atoms with Crippen LogP contribution in [0.25, 0.3) is 22.3 Å². The number of anilines is 1. The highest BCUT2D eigenvalue weighted by molar-refractivity contribution is 5.92. The Bertz CT molecular complexity index is 1300. The van der Waals surface area contributed by atoms with Gasteiger partial charge >= 0.3 is 0 Å². The standard InChI is InChI=1S/C32H37FN4O2/c1-2-30(38)36-26-14-8-21(9-15-26)16-31(39)37-29-17-27(22-6-4-3-5-7-22)28(20-35-29)23-10-12-24(13-11-23)32(34)18-25(33)19-32/h3-7,10-13,17,20-21,25-26H,2,8-9,14-16,18-19,34H2,1H3,(H,36,38)(H,35,37,39). The number of alkyl halides is 1. The number of nitrogens with two attached hydrogens (primary N) is 1. The van der Waals surface area contributed by atoms with Crippen LogP contribution in [-0.4, -0.2) is 29.0 Å². The van der Waals surface area contributed by atoms with Crippen molar-refractivity contribution < 1.29 is 14.0 Å². The Labute approximate surface area is 229 Å². The van der Waals surface area contributed by atoms with Gasteiger partial charge in [0.2, 0.25) is 11.8 Å². The second-order valence-corrected chi connectivity index (χ2v) is 11.1. The van der Waals surface area contributed by atoms with Gasteiger partial charge in [0.25, 0.3) is 0 Å². The maximum atomic E-state index is 13.5. The van der Waals surface area contributed by atoms with Crippen LogP contribution in [-0.2, 0) is 15.1 Å². The summed E-state index contributed by atoms with van der Waals surface area (Å²) in [7, 11) is 0. The predicted molar refractivity (Wildman–Crippen MR) is 153 cm³/mol. The normalized spacial score (nSPS) is 24.4. The van der Waals surface area contributed by atoms with Gasteiger partial charge in [-0.15, -0.1) is 0 Å². The molecular formula is C32H37FN4O2. The fourth-order valence-electron chi connectivity index (χ4n) is 5.86. The molecule has 5 rings (SSSR count). The lowest BCUT2D eigenvalue weighted by Crippen LogP contribution is -2.50. The van der Waals surface area contributed by atoms with Gasteiger partial charge in [0, 0.05) is 49.0 Å². The Balaban J connectivity index is 1.29. The predicted octanol–water partition coefficient (Wildman–Crippen LogP) is 6.12. The Morgan fingerprint density at radius 3 is 2.26 bits per heavy atom. The molecule has 0 aliphatic heterocycles. The summed E-state index contributed by atoms with van der Waals surface area (Å²) in [5.74, 6) is 0.875. The van der Waals surface area contributed by atoms with Crippen molar-refractivity contribution in [3.05, 3.63) is 72.4 Å². The van der Waals surface area contributed by atoms with Gasteiger partial charge in [-0.05, 0) is 59.9 Å². The van der Waals surface area contributed by atoms with Crippen molar-refractivity contribution in [3.8, 4) is 22.3 Å². The molecule has 6 nitrogen and oxygen atoms in total. The Morgan fingerprint density at radius 2 is 1.62 bits per heavy atom. The minimum atomic E-state index is -0.824. The molecule has 2 aromatic carbocycles. The summed E-state index contributed by atoms with van der Waals surface area (Å²) in [6.07, 6.45) is 6.30. The zero-order valence-electron chi connectivity index (χ0n) is 22.5. The molecule has 4 N–H and O–H groups in total. The molecule has 0 atom stereocenters. The van der Waals surface area contributed by atoms with E-state index in [2.05, 4.69) is 15.6 Å². The number of benzene rings is 2. The SMILES string of the molecule is CCC(=O)NC1CCC(CC(=O)Nc2cc(-c3ccccc3)c(-c3ccc(C4(N)CC(F)C4)cc3)cn2)CC1. The molecule has 0 bridgehead atoms. The summed E-state index contributed by atoms with van der Waals surface area (Å²) in [5, 5.41) is 6.08. The number of hydrogen-bond donors (Lipinski definition) is 3. The zero-order chi connectivity index (χ0) is 27.4. The number of nitrogens with zero attached hydrogens (tertiary/aromatic N) is 1. The molecule has 0 saturated heterocycles. The number of amides is 2. The second-order valence-electron chi connectivity index (χ2n) is 11.1. The number of carbonyl (C=O) groups excluding carboxylic acids is 2. The van der Waals surface area contributed by atoms with E-state index in [1.54, 1.807) is 6.20 Å². The largest absolute Gasteiger partial charge is 0.353 e. The van der Waals surface area contributed by atoms with Crippen LogP contribution < -0.4 is 16.4 Å². The number of pyridine rings is 1. The maximum Gasteiger partial charge on any atom is 0.225 e. The molecule has 39 heavy (non-hydrogen) atoms. The summed E-state index contributed by atoms with van der Waals surface area (Å²) in [5.41, 5.74) is 10.7. The molecule has 0 radical (unpaired) electrons. The van der Waals surface area contributed by atoms with E-state index in [1.807, 2.05) is 67.6 Å². The van der Waals surface area contributed by atoms with Crippen molar-refractivity contribution in [1.82, 2.24) is 10.3 Å². The molecule has 0 spiro atoms. The average Bonchev–Trinajstić information content (AvgIpc) is 2.94. The molecule has 2 aliphatic rings. The number of rotatable bonds is 8. The van der Waals surface area contributed by atoms with Gasteiger partial charge in [0.05, 0.1) is 0 Å². The number of carbonyl (C=O) groups is 2. The van der Waals surface area contributed by atoms with Crippen LogP contribution in [0.15, 0.2) is 66.9 Å². The fourth-order valence-corrected chi connectivity index (χ4v) is 5.86. The first kappa shape index (κ1) is 27.0. The van der Waals surface area contributed by atoms with Crippen LogP contribution in [0.4, 0.5) is 10.2 Å². The molecule has 2 saturated carbocycles. The van der Waals surface area contributed by atoms with Crippen LogP contribution in [0, 0.1) is 5.92 Å². The minimum Gasteiger partial charge on any atom is -0.353 e. The summed E-state index contributed by atoms with van der Waals surface area (Å²) >= 11 is 0. The van der Waals surface area contributed by atoms with E-state index in [-0.39, 0.29) is 17.9 Å². The van der Waals surface area contributed by atoms with Crippen LogP contribution >= 0.6 is 0 Å². The third-order valence-corrected chi connectivity index (χ3v) is 8.21. The first-order valence-corrected chi connectivity index (χ1v) is 14.0. The highest BCUT2D eigenvalue weighted by Gasteiger charge is 2.42. The maximum absolute atomic E-state index is 13.5. The van der Waals surface area contributed by atoms with Crippen molar-refractivity contribution in [1.29, 1.82) is 0 Å². The summed E-state index contributed by atoms with van der Waals surface area (Å²) in [4.78, 5) is 29.2. The monoisotopic (exact) mass is 528 g/mol. The van der Waals surface area contributed by atoms with Crippen molar-refractivity contribution >= 4 is 17.6 Å². The third kappa shape index (κ3) is 6.36. The molecule has 3 aromatic rings. The van der Waals surface area contributed by atoms with E-state index in [1.165, 1.54) is 0 Å². The number of hydrogen-bond acceptors (Lipinski definition) is 4. The van der Waals surface area contributed by atoms with E-state index < -0.39 is 11.7 Å². The lowest BCUT2D eigenvalue weighted by molar-refractivity contribution is -0.122. The van der Waals surface area contributed by atoms with E-state index in [0.717, 1.165) is 53.5 Å². The summed E-state index contributed by atoms with van der Waals surface area (Å²) in [6, 6.07) is 20.2. The van der Waals surface area contributed by atoms with Gasteiger partial charge in [-0.2, -0.15) is 0 Å². The highest BCUT2D eigenvalue weighted by Crippen LogP contribution is 2.42. The lowest BCUT2D eigenvalue weighted by Gasteiger charge is -2.41. The lowest BCUT2D eigenvalue weighted by atomic mass is 9.71. The second kappa shape index (κ2) is 11.7. The summed E-state index contributed by atoms with van der Waals surface area (Å²) < 4.78 is 13.5. The summed E-state index contributed by atoms with van der Waals surface area (Å²) in [6.45, 7) is 1.86. The quantitative estimate of drug-likeness (QED) is 0.328.